The number of rotatable bonds is 9. The molecule has 0 atom stereocenters. The molecule has 0 radical (unpaired) electrons. The van der Waals surface area contributed by atoms with Gasteiger partial charge in [-0.1, -0.05) is 11.3 Å². The zero-order chi connectivity index (χ0) is 25.4. The molecular formula is C21H23F3N8O2S2. The summed E-state index contributed by atoms with van der Waals surface area (Å²) in [5.74, 6) is 0.702. The highest BCUT2D eigenvalue weighted by Crippen LogP contribution is 2.32. The van der Waals surface area contributed by atoms with Crippen molar-refractivity contribution in [3.8, 4) is 0 Å². The van der Waals surface area contributed by atoms with Gasteiger partial charge in [0, 0.05) is 31.4 Å². The van der Waals surface area contributed by atoms with E-state index in [0.29, 0.717) is 15.2 Å². The molecule has 1 saturated heterocycles. The van der Waals surface area contributed by atoms with E-state index in [1.807, 2.05) is 6.07 Å². The van der Waals surface area contributed by atoms with Crippen molar-refractivity contribution in [2.75, 3.05) is 55.3 Å². The van der Waals surface area contributed by atoms with E-state index in [1.165, 1.54) is 30.2 Å². The summed E-state index contributed by atoms with van der Waals surface area (Å²) in [4.78, 5) is 23.0. The van der Waals surface area contributed by atoms with Crippen molar-refractivity contribution in [3.05, 3.63) is 42.2 Å². The lowest BCUT2D eigenvalue weighted by molar-refractivity contribution is -0.137. The molecule has 0 bridgehead atoms. The number of carbonyl (C=O) groups excluding carboxylic acids is 1. The van der Waals surface area contributed by atoms with Gasteiger partial charge in [-0.3, -0.25) is 10.2 Å². The summed E-state index contributed by atoms with van der Waals surface area (Å²) in [6.45, 7) is 5.27. The lowest BCUT2D eigenvalue weighted by Crippen LogP contribution is -2.37. The van der Waals surface area contributed by atoms with Gasteiger partial charge in [0.25, 0.3) is 0 Å². The van der Waals surface area contributed by atoms with Crippen LogP contribution in [0.2, 0.25) is 0 Å². The molecule has 0 saturated carbocycles. The lowest BCUT2D eigenvalue weighted by atomic mass is 10.2. The molecule has 2 amide bonds. The Hall–Kier alpha value is -3.01. The molecule has 10 nitrogen and oxygen atoms in total. The largest absolute Gasteiger partial charge is 0.416 e. The van der Waals surface area contributed by atoms with E-state index in [0.717, 1.165) is 69.3 Å². The van der Waals surface area contributed by atoms with Crippen molar-refractivity contribution in [3.63, 3.8) is 0 Å². The molecule has 15 heteroatoms. The van der Waals surface area contributed by atoms with E-state index in [-0.39, 0.29) is 10.8 Å². The van der Waals surface area contributed by atoms with E-state index in [4.69, 9.17) is 4.74 Å². The minimum absolute atomic E-state index is 0.213. The van der Waals surface area contributed by atoms with Gasteiger partial charge in [0.2, 0.25) is 5.13 Å². The predicted octanol–water partition coefficient (Wildman–Crippen LogP) is 4.28. The molecule has 3 heterocycles. The fraction of sp³-hybridized carbons (Fsp3) is 0.381. The van der Waals surface area contributed by atoms with Gasteiger partial charge >= 0.3 is 12.2 Å². The monoisotopic (exact) mass is 540 g/mol. The van der Waals surface area contributed by atoms with Gasteiger partial charge in [0.05, 0.1) is 18.8 Å². The molecule has 0 spiro atoms. The van der Waals surface area contributed by atoms with Crippen LogP contribution in [0.15, 0.2) is 46.0 Å². The average Bonchev–Trinajstić information content (AvgIpc) is 3.29. The number of amides is 2. The fourth-order valence-corrected chi connectivity index (χ4v) is 4.89. The summed E-state index contributed by atoms with van der Waals surface area (Å²) < 4.78 is 43.9. The summed E-state index contributed by atoms with van der Waals surface area (Å²) in [7, 11) is 0. The van der Waals surface area contributed by atoms with Gasteiger partial charge in [-0.25, -0.2) is 14.8 Å². The zero-order valence-electron chi connectivity index (χ0n) is 18.9. The Morgan fingerprint density at radius 2 is 1.89 bits per heavy atom. The van der Waals surface area contributed by atoms with Crippen molar-refractivity contribution in [2.45, 2.75) is 22.0 Å². The maximum absolute atomic E-state index is 12.7. The number of hydrogen-bond donors (Lipinski definition) is 3. The Morgan fingerprint density at radius 1 is 1.11 bits per heavy atom. The Labute approximate surface area is 213 Å². The summed E-state index contributed by atoms with van der Waals surface area (Å²) in [5.41, 5.74) is -0.583. The Kier molecular flexibility index (Phi) is 8.90. The number of hydrogen-bond acceptors (Lipinski definition) is 10. The molecule has 3 aromatic rings. The number of anilines is 3. The zero-order valence-corrected chi connectivity index (χ0v) is 20.5. The minimum atomic E-state index is -4.44. The smallest absolute Gasteiger partial charge is 0.379 e. The molecule has 192 valence electrons. The Bertz CT molecular complexity index is 1140. The van der Waals surface area contributed by atoms with E-state index in [9.17, 15) is 18.0 Å². The molecule has 1 aliphatic rings. The predicted molar refractivity (Wildman–Crippen MR) is 131 cm³/mol. The fourth-order valence-electron chi connectivity index (χ4n) is 3.23. The maximum atomic E-state index is 12.7. The lowest BCUT2D eigenvalue weighted by Gasteiger charge is -2.26. The van der Waals surface area contributed by atoms with Gasteiger partial charge in [0.15, 0.2) is 4.34 Å². The number of nitrogens with zero attached hydrogens (tertiary/aromatic N) is 5. The van der Waals surface area contributed by atoms with Gasteiger partial charge in [0.1, 0.15) is 17.2 Å². The highest BCUT2D eigenvalue weighted by atomic mass is 32.2. The van der Waals surface area contributed by atoms with Crippen LogP contribution in [0, 0.1) is 0 Å². The molecule has 0 unspecified atom stereocenters. The quantitative estimate of drug-likeness (QED) is 0.208. The highest BCUT2D eigenvalue weighted by molar-refractivity contribution is 8.01. The number of halogens is 3. The number of ether oxygens (including phenoxy) is 1. The second-order valence-electron chi connectivity index (χ2n) is 7.61. The van der Waals surface area contributed by atoms with Gasteiger partial charge < -0.3 is 15.4 Å². The summed E-state index contributed by atoms with van der Waals surface area (Å²) in [6.07, 6.45) is -2.00. The molecule has 3 N–H and O–H groups in total. The number of urea groups is 1. The van der Waals surface area contributed by atoms with E-state index in [2.05, 4.69) is 41.0 Å². The van der Waals surface area contributed by atoms with Gasteiger partial charge in [-0.15, -0.1) is 10.2 Å². The van der Waals surface area contributed by atoms with Crippen molar-refractivity contribution in [2.24, 2.45) is 0 Å². The first-order valence-corrected chi connectivity index (χ1v) is 12.6. The number of carbonyl (C=O) groups is 1. The van der Waals surface area contributed by atoms with Crippen LogP contribution in [0.3, 0.4) is 0 Å². The second kappa shape index (κ2) is 12.3. The van der Waals surface area contributed by atoms with Gasteiger partial charge in [-0.05, 0) is 49.0 Å². The van der Waals surface area contributed by atoms with Crippen molar-refractivity contribution in [1.82, 2.24) is 25.1 Å². The van der Waals surface area contributed by atoms with Crippen LogP contribution in [-0.2, 0) is 10.9 Å². The minimum Gasteiger partial charge on any atom is -0.379 e. The van der Waals surface area contributed by atoms with Crippen molar-refractivity contribution >= 4 is 45.8 Å². The second-order valence-corrected chi connectivity index (χ2v) is 9.85. The van der Waals surface area contributed by atoms with E-state index < -0.39 is 17.8 Å². The number of aromatic nitrogens is 4. The van der Waals surface area contributed by atoms with Crippen LogP contribution in [0.5, 0.6) is 0 Å². The summed E-state index contributed by atoms with van der Waals surface area (Å²) in [6, 6.07) is 5.30. The summed E-state index contributed by atoms with van der Waals surface area (Å²) in [5, 5.41) is 17.1. The summed E-state index contributed by atoms with van der Waals surface area (Å²) >= 11 is 2.41. The molecule has 1 aliphatic heterocycles. The normalized spacial score (nSPS) is 14.4. The molecule has 1 fully saturated rings. The molecule has 1 aromatic carbocycles. The van der Waals surface area contributed by atoms with Crippen LogP contribution in [0.4, 0.5) is 34.6 Å². The van der Waals surface area contributed by atoms with Gasteiger partial charge in [-0.2, -0.15) is 13.2 Å². The standard InChI is InChI=1S/C21H23F3N8O2S2/c22-21(23,24)14-2-4-15(5-3-14)28-18(33)29-19-30-31-20(36-19)35-17-12-16(26-13-27-17)25-6-1-7-32-8-10-34-11-9-32/h2-5,12-13H,1,6-11H2,(H,25,26,27)(H2,28,29,30,33). The Morgan fingerprint density at radius 3 is 2.64 bits per heavy atom. The number of benzene rings is 1. The van der Waals surface area contributed by atoms with E-state index in [1.54, 1.807) is 0 Å². The highest BCUT2D eigenvalue weighted by Gasteiger charge is 2.30. The first-order valence-electron chi connectivity index (χ1n) is 11.0. The van der Waals surface area contributed by atoms with Crippen molar-refractivity contribution in [1.29, 1.82) is 0 Å². The molecular weight excluding hydrogens is 517 g/mol. The average molecular weight is 541 g/mol. The van der Waals surface area contributed by atoms with Crippen LogP contribution in [-0.4, -0.2) is 70.5 Å². The topological polar surface area (TPSA) is 117 Å². The molecule has 2 aromatic heterocycles. The molecule has 36 heavy (non-hydrogen) atoms. The SMILES string of the molecule is O=C(Nc1ccc(C(F)(F)F)cc1)Nc1nnc(Sc2cc(NCCCN3CCOCC3)ncn2)s1. The molecule has 0 aliphatic carbocycles. The Balaban J connectivity index is 1.23. The first kappa shape index (κ1) is 26.1. The van der Waals surface area contributed by atoms with Crippen LogP contribution >= 0.6 is 23.1 Å². The molecule has 4 rings (SSSR count). The maximum Gasteiger partial charge on any atom is 0.416 e. The van der Waals surface area contributed by atoms with Crippen LogP contribution < -0.4 is 16.0 Å². The van der Waals surface area contributed by atoms with Crippen molar-refractivity contribution < 1.29 is 22.7 Å². The number of nitrogens with one attached hydrogen (secondary N) is 3. The number of morpholine rings is 1. The third kappa shape index (κ3) is 8.01. The van der Waals surface area contributed by atoms with Crippen LogP contribution in [0.1, 0.15) is 12.0 Å². The van der Waals surface area contributed by atoms with E-state index >= 15 is 0 Å². The number of alkyl halides is 3. The van der Waals surface area contributed by atoms with Crippen LogP contribution in [0.25, 0.3) is 0 Å². The first-order chi connectivity index (χ1) is 17.3. The third-order valence-corrected chi connectivity index (χ3v) is 6.81. The third-order valence-electron chi connectivity index (χ3n) is 4.99.